The number of hydrogen-bond donors (Lipinski definition) is 1. The maximum Gasteiger partial charge on any atom is 0.0845 e. The standard InChI is InChI=1S/C19H24N2O/c1-20(2)13-17(22)14-21-18-9-5-3-7-15(18)11-12-16-8-4-6-10-19(16)21/h3-7,9-10,12,17,22H,8,11,13-14H2,1-2H3. The summed E-state index contributed by atoms with van der Waals surface area (Å²) in [7, 11) is 3.99. The van der Waals surface area contributed by atoms with Crippen molar-refractivity contribution in [1.29, 1.82) is 0 Å². The minimum atomic E-state index is -0.380. The van der Waals surface area contributed by atoms with E-state index in [4.69, 9.17) is 0 Å². The van der Waals surface area contributed by atoms with Crippen LogP contribution in [0.25, 0.3) is 0 Å². The lowest BCUT2D eigenvalue weighted by Crippen LogP contribution is -2.38. The molecule has 1 aliphatic heterocycles. The molecule has 3 rings (SSSR count). The van der Waals surface area contributed by atoms with Crippen LogP contribution < -0.4 is 4.90 Å². The third-order valence-corrected chi connectivity index (χ3v) is 4.17. The molecule has 1 N–H and O–H groups in total. The second-order valence-electron chi connectivity index (χ2n) is 6.27. The van der Waals surface area contributed by atoms with Crippen LogP contribution in [0.5, 0.6) is 0 Å². The third kappa shape index (κ3) is 3.16. The molecule has 22 heavy (non-hydrogen) atoms. The van der Waals surface area contributed by atoms with Gasteiger partial charge in [0.15, 0.2) is 0 Å². The summed E-state index contributed by atoms with van der Waals surface area (Å²) < 4.78 is 0. The molecular formula is C19H24N2O. The van der Waals surface area contributed by atoms with Crippen molar-refractivity contribution < 1.29 is 5.11 Å². The Kier molecular flexibility index (Phi) is 4.46. The molecule has 3 heteroatoms. The second-order valence-corrected chi connectivity index (χ2v) is 6.27. The Labute approximate surface area is 132 Å². The lowest BCUT2D eigenvalue weighted by atomic mass is 10.0. The van der Waals surface area contributed by atoms with E-state index in [2.05, 4.69) is 53.5 Å². The van der Waals surface area contributed by atoms with Crippen molar-refractivity contribution in [1.82, 2.24) is 4.90 Å². The number of nitrogens with zero attached hydrogens (tertiary/aromatic N) is 2. The van der Waals surface area contributed by atoms with E-state index < -0.39 is 0 Å². The van der Waals surface area contributed by atoms with E-state index in [1.165, 1.54) is 22.5 Å². The number of benzene rings is 1. The van der Waals surface area contributed by atoms with Gasteiger partial charge in [-0.1, -0.05) is 36.4 Å². The summed E-state index contributed by atoms with van der Waals surface area (Å²) in [5.41, 5.74) is 5.12. The van der Waals surface area contributed by atoms with Crippen molar-refractivity contribution in [2.45, 2.75) is 18.9 Å². The highest BCUT2D eigenvalue weighted by atomic mass is 16.3. The van der Waals surface area contributed by atoms with Gasteiger partial charge in [0.05, 0.1) is 12.6 Å². The summed E-state index contributed by atoms with van der Waals surface area (Å²) in [6.07, 6.45) is 10.4. The first-order valence-electron chi connectivity index (χ1n) is 7.89. The van der Waals surface area contributed by atoms with Crippen molar-refractivity contribution in [3.8, 4) is 0 Å². The van der Waals surface area contributed by atoms with Gasteiger partial charge in [-0.3, -0.25) is 0 Å². The lowest BCUT2D eigenvalue weighted by Gasteiger charge is -2.32. The molecule has 0 amide bonds. The number of anilines is 1. The van der Waals surface area contributed by atoms with Gasteiger partial charge < -0.3 is 14.9 Å². The first-order valence-corrected chi connectivity index (χ1v) is 7.89. The van der Waals surface area contributed by atoms with E-state index in [1.54, 1.807) is 0 Å². The molecule has 0 aromatic heterocycles. The van der Waals surface area contributed by atoms with Gasteiger partial charge in [0, 0.05) is 17.9 Å². The van der Waals surface area contributed by atoms with Gasteiger partial charge in [-0.15, -0.1) is 0 Å². The molecule has 1 aliphatic carbocycles. The van der Waals surface area contributed by atoms with Crippen LogP contribution in [0.4, 0.5) is 5.69 Å². The molecule has 0 fully saturated rings. The van der Waals surface area contributed by atoms with Crippen molar-refractivity contribution in [3.63, 3.8) is 0 Å². The summed E-state index contributed by atoms with van der Waals surface area (Å²) in [6.45, 7) is 1.28. The van der Waals surface area contributed by atoms with Gasteiger partial charge in [0.1, 0.15) is 0 Å². The SMILES string of the molecule is CN(C)CC(O)CN1C2=CC=CCC2=CCc2ccccc21. The Balaban J connectivity index is 1.96. The molecule has 0 spiro atoms. The largest absolute Gasteiger partial charge is 0.390 e. The van der Waals surface area contributed by atoms with E-state index in [0.29, 0.717) is 13.1 Å². The maximum absolute atomic E-state index is 10.4. The Morgan fingerprint density at radius 2 is 2.05 bits per heavy atom. The third-order valence-electron chi connectivity index (χ3n) is 4.17. The number of aliphatic hydroxyl groups is 1. The number of likely N-dealkylation sites (N-methyl/N-ethyl adjacent to an activating group) is 1. The second kappa shape index (κ2) is 6.51. The van der Waals surface area contributed by atoms with E-state index in [1.807, 2.05) is 19.0 Å². The number of aliphatic hydroxyl groups excluding tert-OH is 1. The highest BCUT2D eigenvalue weighted by Gasteiger charge is 2.24. The van der Waals surface area contributed by atoms with E-state index >= 15 is 0 Å². The summed E-state index contributed by atoms with van der Waals surface area (Å²) in [4.78, 5) is 4.31. The molecule has 1 heterocycles. The first kappa shape index (κ1) is 15.1. The quantitative estimate of drug-likeness (QED) is 0.925. The highest BCUT2D eigenvalue weighted by molar-refractivity contribution is 5.65. The summed E-state index contributed by atoms with van der Waals surface area (Å²) >= 11 is 0. The van der Waals surface area contributed by atoms with Gasteiger partial charge in [0.25, 0.3) is 0 Å². The fraction of sp³-hybridized carbons (Fsp3) is 0.368. The van der Waals surface area contributed by atoms with Crippen molar-refractivity contribution in [3.05, 3.63) is 65.4 Å². The molecular weight excluding hydrogens is 272 g/mol. The van der Waals surface area contributed by atoms with Crippen LogP contribution in [0, 0.1) is 0 Å². The Bertz CT molecular complexity index is 628. The van der Waals surface area contributed by atoms with Crippen molar-refractivity contribution >= 4 is 5.69 Å². The Morgan fingerprint density at radius 3 is 2.86 bits per heavy atom. The summed E-state index contributed by atoms with van der Waals surface area (Å²) in [5.74, 6) is 0. The molecule has 0 radical (unpaired) electrons. The Hall–Kier alpha value is -1.84. The van der Waals surface area contributed by atoms with Gasteiger partial charge in [0.2, 0.25) is 0 Å². The fourth-order valence-corrected chi connectivity index (χ4v) is 3.21. The maximum atomic E-state index is 10.4. The number of β-amino-alcohol motifs (C(OH)–C–C–N with tert-alkyl or cyclic N) is 1. The normalized spacial score (nSPS) is 18.3. The van der Waals surface area contributed by atoms with Crippen LogP contribution in [0.15, 0.2) is 59.8 Å². The van der Waals surface area contributed by atoms with Crippen LogP contribution >= 0.6 is 0 Å². The van der Waals surface area contributed by atoms with Crippen molar-refractivity contribution in [2.24, 2.45) is 0 Å². The average molecular weight is 296 g/mol. The van der Waals surface area contributed by atoms with Crippen LogP contribution in [0.2, 0.25) is 0 Å². The van der Waals surface area contributed by atoms with Crippen molar-refractivity contribution in [2.75, 3.05) is 32.1 Å². The molecule has 1 atom stereocenters. The molecule has 0 bridgehead atoms. The average Bonchev–Trinajstić information content (AvgIpc) is 2.65. The number of para-hydroxylation sites is 1. The predicted molar refractivity (Wildman–Crippen MR) is 92.0 cm³/mol. The van der Waals surface area contributed by atoms with Gasteiger partial charge in [-0.25, -0.2) is 0 Å². The molecule has 1 aromatic carbocycles. The zero-order chi connectivity index (χ0) is 15.5. The Morgan fingerprint density at radius 1 is 1.23 bits per heavy atom. The minimum absolute atomic E-state index is 0.380. The van der Waals surface area contributed by atoms with Crippen LogP contribution in [0.1, 0.15) is 12.0 Å². The predicted octanol–water partition coefficient (Wildman–Crippen LogP) is 2.74. The molecule has 3 nitrogen and oxygen atoms in total. The molecule has 0 saturated carbocycles. The number of rotatable bonds is 4. The van der Waals surface area contributed by atoms with Gasteiger partial charge >= 0.3 is 0 Å². The number of fused-ring (bicyclic) bond motifs is 2. The summed E-state index contributed by atoms with van der Waals surface area (Å²) in [6, 6.07) is 8.51. The van der Waals surface area contributed by atoms with Crippen LogP contribution in [0.3, 0.4) is 0 Å². The monoisotopic (exact) mass is 296 g/mol. The van der Waals surface area contributed by atoms with Crippen LogP contribution in [-0.4, -0.2) is 43.3 Å². The number of allylic oxidation sites excluding steroid dienone is 5. The van der Waals surface area contributed by atoms with Gasteiger partial charge in [-0.05, 0) is 50.2 Å². The van der Waals surface area contributed by atoms with Crippen LogP contribution in [-0.2, 0) is 6.42 Å². The van der Waals surface area contributed by atoms with E-state index in [9.17, 15) is 5.11 Å². The topological polar surface area (TPSA) is 26.7 Å². The lowest BCUT2D eigenvalue weighted by molar-refractivity contribution is 0.143. The minimum Gasteiger partial charge on any atom is -0.390 e. The smallest absolute Gasteiger partial charge is 0.0845 e. The molecule has 2 aliphatic rings. The first-order chi connectivity index (χ1) is 10.6. The summed E-state index contributed by atoms with van der Waals surface area (Å²) in [5, 5.41) is 10.4. The molecule has 116 valence electrons. The fourth-order valence-electron chi connectivity index (χ4n) is 3.21. The van der Waals surface area contributed by atoms with E-state index in [-0.39, 0.29) is 6.10 Å². The molecule has 0 saturated heterocycles. The van der Waals surface area contributed by atoms with E-state index in [0.717, 1.165) is 12.8 Å². The van der Waals surface area contributed by atoms with Gasteiger partial charge in [-0.2, -0.15) is 0 Å². The highest BCUT2D eigenvalue weighted by Crippen LogP contribution is 2.34. The number of hydrogen-bond acceptors (Lipinski definition) is 3. The molecule has 1 unspecified atom stereocenters. The zero-order valence-electron chi connectivity index (χ0n) is 13.4. The zero-order valence-corrected chi connectivity index (χ0v) is 13.4. The molecule has 1 aromatic rings.